The Morgan fingerprint density at radius 3 is 2.69 bits per heavy atom. The van der Waals surface area contributed by atoms with Crippen LogP contribution in [-0.2, 0) is 22.4 Å². The Balaban J connectivity index is 1.40. The molecule has 0 radical (unpaired) electrons. The number of hydrogen-bond acceptors (Lipinski definition) is 2. The summed E-state index contributed by atoms with van der Waals surface area (Å²) in [6.07, 6.45) is 2.75. The second kappa shape index (κ2) is 8.54. The van der Waals surface area contributed by atoms with Crippen molar-refractivity contribution in [3.63, 3.8) is 0 Å². The van der Waals surface area contributed by atoms with Crippen LogP contribution in [0.1, 0.15) is 11.1 Å². The van der Waals surface area contributed by atoms with Crippen molar-refractivity contribution in [1.82, 2.24) is 15.6 Å². The van der Waals surface area contributed by atoms with Gasteiger partial charge in [0, 0.05) is 28.7 Å². The van der Waals surface area contributed by atoms with Gasteiger partial charge in [0.25, 0.3) is 0 Å². The van der Waals surface area contributed by atoms with Crippen LogP contribution in [0.15, 0.2) is 54.7 Å². The number of nitrogens with one attached hydrogen (secondary N) is 3. The molecule has 6 heteroatoms. The van der Waals surface area contributed by atoms with Gasteiger partial charge in [-0.3, -0.25) is 9.59 Å². The summed E-state index contributed by atoms with van der Waals surface area (Å²) in [5.41, 5.74) is 2.97. The fourth-order valence-corrected chi connectivity index (χ4v) is 3.01. The molecule has 1 heterocycles. The van der Waals surface area contributed by atoms with Gasteiger partial charge in [0.15, 0.2) is 0 Å². The molecule has 5 nitrogen and oxygen atoms in total. The van der Waals surface area contributed by atoms with E-state index in [1.54, 1.807) is 0 Å². The number of aromatic amines is 1. The van der Waals surface area contributed by atoms with E-state index >= 15 is 0 Å². The summed E-state index contributed by atoms with van der Waals surface area (Å²) in [5, 5.41) is 7.15. The molecule has 2 aromatic carbocycles. The Morgan fingerprint density at radius 1 is 1.00 bits per heavy atom. The average molecular weight is 370 g/mol. The smallest absolute Gasteiger partial charge is 0.239 e. The van der Waals surface area contributed by atoms with Crippen molar-refractivity contribution >= 4 is 34.3 Å². The third-order valence-electron chi connectivity index (χ3n) is 4.10. The van der Waals surface area contributed by atoms with Crippen LogP contribution in [0.5, 0.6) is 0 Å². The summed E-state index contributed by atoms with van der Waals surface area (Å²) >= 11 is 5.93. The molecule has 0 saturated carbocycles. The lowest BCUT2D eigenvalue weighted by atomic mass is 10.1. The van der Waals surface area contributed by atoms with Gasteiger partial charge in [-0.2, -0.15) is 0 Å². The van der Waals surface area contributed by atoms with E-state index in [1.807, 2.05) is 54.7 Å². The normalized spacial score (nSPS) is 10.7. The van der Waals surface area contributed by atoms with E-state index < -0.39 is 0 Å². The van der Waals surface area contributed by atoms with Gasteiger partial charge in [0.05, 0.1) is 13.0 Å². The second-order valence-electron chi connectivity index (χ2n) is 6.04. The number of hydrogen-bond donors (Lipinski definition) is 3. The van der Waals surface area contributed by atoms with Crippen molar-refractivity contribution in [3.8, 4) is 0 Å². The number of halogens is 1. The van der Waals surface area contributed by atoms with Gasteiger partial charge in [-0.05, 0) is 35.7 Å². The maximum absolute atomic E-state index is 12.1. The monoisotopic (exact) mass is 369 g/mol. The first kappa shape index (κ1) is 18.0. The average Bonchev–Trinajstić information content (AvgIpc) is 3.03. The number of H-pyrrole nitrogens is 1. The van der Waals surface area contributed by atoms with E-state index in [1.165, 1.54) is 0 Å². The Morgan fingerprint density at radius 2 is 1.85 bits per heavy atom. The zero-order valence-corrected chi connectivity index (χ0v) is 15.0. The summed E-state index contributed by atoms with van der Waals surface area (Å²) in [4.78, 5) is 27.1. The summed E-state index contributed by atoms with van der Waals surface area (Å²) < 4.78 is 0. The third kappa shape index (κ3) is 4.86. The SMILES string of the molecule is O=C(CNC(=O)Cc1c[nH]c2ccccc12)NCCc1cccc(Cl)c1. The predicted molar refractivity (Wildman–Crippen MR) is 103 cm³/mol. The van der Waals surface area contributed by atoms with Crippen LogP contribution in [0, 0.1) is 0 Å². The summed E-state index contributed by atoms with van der Waals surface area (Å²) in [7, 11) is 0. The van der Waals surface area contributed by atoms with Gasteiger partial charge >= 0.3 is 0 Å². The highest BCUT2D eigenvalue weighted by Gasteiger charge is 2.10. The van der Waals surface area contributed by atoms with E-state index in [9.17, 15) is 9.59 Å². The molecule has 3 aromatic rings. The fourth-order valence-electron chi connectivity index (χ4n) is 2.79. The fraction of sp³-hybridized carbons (Fsp3) is 0.200. The highest BCUT2D eigenvalue weighted by atomic mass is 35.5. The molecule has 0 aliphatic carbocycles. The maximum Gasteiger partial charge on any atom is 0.239 e. The molecule has 0 bridgehead atoms. The molecule has 0 atom stereocenters. The molecule has 2 amide bonds. The van der Waals surface area contributed by atoms with Gasteiger partial charge in [-0.15, -0.1) is 0 Å². The van der Waals surface area contributed by atoms with Crippen LogP contribution in [0.4, 0.5) is 0 Å². The Hall–Kier alpha value is -2.79. The zero-order chi connectivity index (χ0) is 18.4. The largest absolute Gasteiger partial charge is 0.361 e. The molecule has 134 valence electrons. The molecule has 0 fully saturated rings. The lowest BCUT2D eigenvalue weighted by Crippen LogP contribution is -2.38. The van der Waals surface area contributed by atoms with Crippen LogP contribution in [0.25, 0.3) is 10.9 Å². The van der Waals surface area contributed by atoms with Gasteiger partial charge in [-0.1, -0.05) is 41.9 Å². The zero-order valence-electron chi connectivity index (χ0n) is 14.2. The lowest BCUT2D eigenvalue weighted by molar-refractivity contribution is -0.125. The van der Waals surface area contributed by atoms with E-state index in [2.05, 4.69) is 15.6 Å². The summed E-state index contributed by atoms with van der Waals surface area (Å²) in [5.74, 6) is -0.390. The highest BCUT2D eigenvalue weighted by Crippen LogP contribution is 2.17. The molecule has 0 aliphatic heterocycles. The quantitative estimate of drug-likeness (QED) is 0.599. The van der Waals surface area contributed by atoms with E-state index in [4.69, 9.17) is 11.6 Å². The first-order valence-electron chi connectivity index (χ1n) is 8.44. The van der Waals surface area contributed by atoms with Crippen molar-refractivity contribution in [2.75, 3.05) is 13.1 Å². The highest BCUT2D eigenvalue weighted by molar-refractivity contribution is 6.30. The first-order chi connectivity index (χ1) is 12.6. The van der Waals surface area contributed by atoms with Crippen molar-refractivity contribution in [1.29, 1.82) is 0 Å². The Bertz CT molecular complexity index is 920. The van der Waals surface area contributed by atoms with Crippen LogP contribution in [-0.4, -0.2) is 29.9 Å². The molecular weight excluding hydrogens is 350 g/mol. The number of carbonyl (C=O) groups excluding carboxylic acids is 2. The molecule has 26 heavy (non-hydrogen) atoms. The van der Waals surface area contributed by atoms with Crippen LogP contribution in [0.3, 0.4) is 0 Å². The van der Waals surface area contributed by atoms with Gasteiger partial charge in [-0.25, -0.2) is 0 Å². The van der Waals surface area contributed by atoms with E-state index in [0.29, 0.717) is 18.0 Å². The molecule has 0 aliphatic rings. The molecule has 0 saturated heterocycles. The topological polar surface area (TPSA) is 74.0 Å². The van der Waals surface area contributed by atoms with Crippen LogP contribution in [0.2, 0.25) is 5.02 Å². The first-order valence-corrected chi connectivity index (χ1v) is 8.82. The minimum Gasteiger partial charge on any atom is -0.361 e. The van der Waals surface area contributed by atoms with Crippen molar-refractivity contribution in [2.45, 2.75) is 12.8 Å². The Labute approximate surface area is 156 Å². The van der Waals surface area contributed by atoms with Crippen molar-refractivity contribution in [3.05, 3.63) is 70.9 Å². The molecular formula is C20H20ClN3O2. The van der Waals surface area contributed by atoms with E-state index in [0.717, 1.165) is 22.0 Å². The molecule has 1 aromatic heterocycles. The second-order valence-corrected chi connectivity index (χ2v) is 6.48. The molecule has 0 unspecified atom stereocenters. The van der Waals surface area contributed by atoms with E-state index in [-0.39, 0.29) is 24.8 Å². The Kier molecular flexibility index (Phi) is 5.92. The summed E-state index contributed by atoms with van der Waals surface area (Å²) in [6.45, 7) is 0.466. The standard InChI is InChI=1S/C20H20ClN3O2/c21-16-5-3-4-14(10-16)8-9-22-20(26)13-24-19(25)11-15-12-23-18-7-2-1-6-17(15)18/h1-7,10,12,23H,8-9,11,13H2,(H,22,26)(H,24,25). The molecule has 3 N–H and O–H groups in total. The predicted octanol–water partition coefficient (Wildman–Crippen LogP) is 2.84. The lowest BCUT2D eigenvalue weighted by Gasteiger charge is -2.07. The van der Waals surface area contributed by atoms with Crippen molar-refractivity contribution < 1.29 is 9.59 Å². The number of rotatable bonds is 7. The third-order valence-corrected chi connectivity index (χ3v) is 4.33. The van der Waals surface area contributed by atoms with Gasteiger partial charge in [0.1, 0.15) is 0 Å². The van der Waals surface area contributed by atoms with Crippen molar-refractivity contribution in [2.24, 2.45) is 0 Å². The minimum atomic E-state index is -0.209. The number of fused-ring (bicyclic) bond motifs is 1. The number of carbonyl (C=O) groups is 2. The number of aromatic nitrogens is 1. The van der Waals surface area contributed by atoms with Gasteiger partial charge < -0.3 is 15.6 Å². The van der Waals surface area contributed by atoms with Gasteiger partial charge in [0.2, 0.25) is 11.8 Å². The van der Waals surface area contributed by atoms with Crippen LogP contribution < -0.4 is 10.6 Å². The summed E-state index contributed by atoms with van der Waals surface area (Å²) in [6, 6.07) is 15.3. The molecule has 0 spiro atoms. The maximum atomic E-state index is 12.1. The molecule has 3 rings (SSSR count). The van der Waals surface area contributed by atoms with Crippen LogP contribution >= 0.6 is 11.6 Å². The minimum absolute atomic E-state index is 0.0310. The number of para-hydroxylation sites is 1. The number of amides is 2. The number of benzene rings is 2.